The molecule has 1 unspecified atom stereocenters. The number of amidine groups is 1. The lowest BCUT2D eigenvalue weighted by Gasteiger charge is -2.31. The van der Waals surface area contributed by atoms with Gasteiger partial charge in [0.1, 0.15) is 10.7 Å². The van der Waals surface area contributed by atoms with E-state index >= 15 is 0 Å². The van der Waals surface area contributed by atoms with Crippen molar-refractivity contribution in [1.82, 2.24) is 0 Å². The molecular formula is C16H12BrF3N2O2S. The maximum Gasteiger partial charge on any atom is 0.416 e. The van der Waals surface area contributed by atoms with Crippen LogP contribution in [0.1, 0.15) is 12.5 Å². The second kappa shape index (κ2) is 6.14. The molecule has 1 aliphatic heterocycles. The number of hydrogen-bond acceptors (Lipinski definition) is 3. The highest BCUT2D eigenvalue weighted by Gasteiger charge is 2.38. The first-order chi connectivity index (χ1) is 11.6. The Balaban J connectivity index is 2.25. The first-order valence-corrected chi connectivity index (χ1v) is 9.52. The standard InChI is InChI=1S/C16H12BrF3N2O2S/c1-10(17)15-21-13-7-2-3-8-14(13)25(23,24)22(15)12-6-4-5-11(9-12)16(18,19)20/h2-10H,1H3. The molecule has 0 amide bonds. The molecule has 0 fully saturated rings. The number of alkyl halides is 4. The molecule has 0 N–H and O–H groups in total. The molecule has 132 valence electrons. The molecule has 1 atom stereocenters. The number of para-hydroxylation sites is 1. The summed E-state index contributed by atoms with van der Waals surface area (Å²) in [5.74, 6) is 0.0954. The number of rotatable bonds is 2. The lowest BCUT2D eigenvalue weighted by Crippen LogP contribution is -2.42. The molecule has 0 spiro atoms. The van der Waals surface area contributed by atoms with Crippen molar-refractivity contribution in [2.45, 2.75) is 22.8 Å². The van der Waals surface area contributed by atoms with E-state index in [4.69, 9.17) is 0 Å². The Hall–Kier alpha value is -1.87. The summed E-state index contributed by atoms with van der Waals surface area (Å²) < 4.78 is 65.9. The highest BCUT2D eigenvalue weighted by molar-refractivity contribution is 9.10. The summed E-state index contributed by atoms with van der Waals surface area (Å²) in [5.41, 5.74) is -0.790. The third-order valence-electron chi connectivity index (χ3n) is 3.59. The SMILES string of the molecule is CC(Br)C1=Nc2ccccc2S(=O)(=O)N1c1cccc(C(F)(F)F)c1. The fourth-order valence-electron chi connectivity index (χ4n) is 2.49. The van der Waals surface area contributed by atoms with Gasteiger partial charge in [0.2, 0.25) is 0 Å². The number of halogens is 4. The molecule has 0 aromatic heterocycles. The van der Waals surface area contributed by atoms with Gasteiger partial charge in [-0.15, -0.1) is 0 Å². The van der Waals surface area contributed by atoms with E-state index < -0.39 is 26.6 Å². The average molecular weight is 433 g/mol. The molecule has 9 heteroatoms. The van der Waals surface area contributed by atoms with Gasteiger partial charge in [-0.3, -0.25) is 0 Å². The number of sulfonamides is 1. The van der Waals surface area contributed by atoms with Crippen molar-refractivity contribution in [3.8, 4) is 0 Å². The molecule has 0 saturated heterocycles. The minimum Gasteiger partial charge on any atom is -0.232 e. The predicted molar refractivity (Wildman–Crippen MR) is 93.0 cm³/mol. The molecule has 3 rings (SSSR count). The van der Waals surface area contributed by atoms with Gasteiger partial charge in [-0.2, -0.15) is 13.2 Å². The zero-order chi connectivity index (χ0) is 18.4. The first kappa shape index (κ1) is 17.9. The summed E-state index contributed by atoms with van der Waals surface area (Å²) in [6.45, 7) is 1.66. The number of hydrogen-bond donors (Lipinski definition) is 0. The zero-order valence-corrected chi connectivity index (χ0v) is 15.2. The lowest BCUT2D eigenvalue weighted by molar-refractivity contribution is -0.137. The predicted octanol–water partition coefficient (Wildman–Crippen LogP) is 4.73. The minimum absolute atomic E-state index is 0.0516. The van der Waals surface area contributed by atoms with Gasteiger partial charge in [-0.1, -0.05) is 34.1 Å². The van der Waals surface area contributed by atoms with E-state index in [2.05, 4.69) is 20.9 Å². The normalized spacial score (nSPS) is 17.6. The van der Waals surface area contributed by atoms with E-state index in [9.17, 15) is 21.6 Å². The summed E-state index contributed by atoms with van der Waals surface area (Å²) in [4.78, 5) is 3.78. The highest BCUT2D eigenvalue weighted by atomic mass is 79.9. The van der Waals surface area contributed by atoms with Crippen LogP contribution < -0.4 is 4.31 Å². The third kappa shape index (κ3) is 3.18. The third-order valence-corrected chi connectivity index (χ3v) is 5.78. The Kier molecular flexibility index (Phi) is 4.40. The summed E-state index contributed by atoms with van der Waals surface area (Å²) in [5, 5.41) is 0. The van der Waals surface area contributed by atoms with Crippen molar-refractivity contribution in [3.05, 3.63) is 54.1 Å². The molecule has 0 bridgehead atoms. The molecule has 2 aromatic carbocycles. The van der Waals surface area contributed by atoms with E-state index in [1.54, 1.807) is 25.1 Å². The van der Waals surface area contributed by atoms with Crippen LogP contribution in [0.3, 0.4) is 0 Å². The number of aliphatic imine (C=N–C) groups is 1. The summed E-state index contributed by atoms with van der Waals surface area (Å²) >= 11 is 3.28. The van der Waals surface area contributed by atoms with Gasteiger partial charge < -0.3 is 0 Å². The van der Waals surface area contributed by atoms with Crippen molar-refractivity contribution in [2.24, 2.45) is 4.99 Å². The first-order valence-electron chi connectivity index (χ1n) is 7.16. The molecule has 1 heterocycles. The van der Waals surface area contributed by atoms with E-state index in [0.717, 1.165) is 16.4 Å². The fourth-order valence-corrected chi connectivity index (χ4v) is 4.59. The van der Waals surface area contributed by atoms with E-state index in [0.29, 0.717) is 0 Å². The van der Waals surface area contributed by atoms with Gasteiger partial charge in [0.05, 0.1) is 21.8 Å². The van der Waals surface area contributed by atoms with Gasteiger partial charge in [-0.05, 0) is 37.3 Å². The van der Waals surface area contributed by atoms with Crippen LogP contribution in [0.2, 0.25) is 0 Å². The van der Waals surface area contributed by atoms with Crippen molar-refractivity contribution >= 4 is 43.2 Å². The maximum atomic E-state index is 13.0. The Bertz CT molecular complexity index is 956. The molecule has 25 heavy (non-hydrogen) atoms. The zero-order valence-electron chi connectivity index (χ0n) is 12.8. The number of benzene rings is 2. The quantitative estimate of drug-likeness (QED) is 0.644. The molecule has 2 aromatic rings. The number of anilines is 1. The van der Waals surface area contributed by atoms with Gasteiger partial charge >= 0.3 is 6.18 Å². The van der Waals surface area contributed by atoms with Crippen LogP contribution in [-0.4, -0.2) is 19.1 Å². The largest absolute Gasteiger partial charge is 0.416 e. The summed E-state index contributed by atoms with van der Waals surface area (Å²) in [6.07, 6.45) is -4.58. The van der Waals surface area contributed by atoms with Gasteiger partial charge in [0.15, 0.2) is 0 Å². The Labute approximate surface area is 151 Å². The van der Waals surface area contributed by atoms with Crippen LogP contribution in [0, 0.1) is 0 Å². The van der Waals surface area contributed by atoms with Gasteiger partial charge in [0.25, 0.3) is 10.0 Å². The molecule has 1 aliphatic rings. The average Bonchev–Trinajstić information content (AvgIpc) is 2.53. The Morgan fingerprint density at radius 2 is 1.80 bits per heavy atom. The topological polar surface area (TPSA) is 49.7 Å². The van der Waals surface area contributed by atoms with Crippen molar-refractivity contribution in [1.29, 1.82) is 0 Å². The highest BCUT2D eigenvalue weighted by Crippen LogP contribution is 2.38. The summed E-state index contributed by atoms with van der Waals surface area (Å²) in [6, 6.07) is 10.3. The second-order valence-corrected chi connectivity index (χ2v) is 8.50. The molecular weight excluding hydrogens is 421 g/mol. The molecule has 0 aliphatic carbocycles. The Morgan fingerprint density at radius 1 is 1.12 bits per heavy atom. The van der Waals surface area contributed by atoms with E-state index in [1.165, 1.54) is 18.2 Å². The van der Waals surface area contributed by atoms with E-state index in [-0.39, 0.29) is 22.1 Å². The van der Waals surface area contributed by atoms with Crippen LogP contribution in [0.5, 0.6) is 0 Å². The van der Waals surface area contributed by atoms with Gasteiger partial charge in [-0.25, -0.2) is 17.7 Å². The monoisotopic (exact) mass is 432 g/mol. The van der Waals surface area contributed by atoms with Crippen LogP contribution in [-0.2, 0) is 16.2 Å². The number of nitrogens with zero attached hydrogens (tertiary/aromatic N) is 2. The van der Waals surface area contributed by atoms with Crippen LogP contribution in [0.4, 0.5) is 24.5 Å². The maximum absolute atomic E-state index is 13.0. The van der Waals surface area contributed by atoms with Crippen molar-refractivity contribution in [2.75, 3.05) is 4.31 Å². The van der Waals surface area contributed by atoms with Gasteiger partial charge in [0, 0.05) is 0 Å². The van der Waals surface area contributed by atoms with Crippen LogP contribution in [0.25, 0.3) is 0 Å². The Morgan fingerprint density at radius 3 is 2.44 bits per heavy atom. The fraction of sp³-hybridized carbons (Fsp3) is 0.188. The smallest absolute Gasteiger partial charge is 0.232 e. The number of fused-ring (bicyclic) bond motifs is 1. The van der Waals surface area contributed by atoms with Crippen molar-refractivity contribution in [3.63, 3.8) is 0 Å². The van der Waals surface area contributed by atoms with E-state index in [1.807, 2.05) is 0 Å². The second-order valence-electron chi connectivity index (χ2n) is 5.37. The van der Waals surface area contributed by atoms with Crippen LogP contribution in [0.15, 0.2) is 58.4 Å². The van der Waals surface area contributed by atoms with Crippen molar-refractivity contribution < 1.29 is 21.6 Å². The molecule has 0 saturated carbocycles. The summed E-state index contributed by atoms with van der Waals surface area (Å²) in [7, 11) is -4.09. The minimum atomic E-state index is -4.58. The lowest BCUT2D eigenvalue weighted by atomic mass is 10.2. The molecule has 4 nitrogen and oxygen atoms in total. The molecule has 0 radical (unpaired) electrons. The van der Waals surface area contributed by atoms with Crippen LogP contribution >= 0.6 is 15.9 Å².